The van der Waals surface area contributed by atoms with Crippen LogP contribution in [0.4, 0.5) is 4.39 Å². The average molecular weight is 183 g/mol. The van der Waals surface area contributed by atoms with Crippen LogP contribution in [0.15, 0.2) is 24.3 Å². The molecule has 1 aromatic rings. The van der Waals surface area contributed by atoms with Crippen molar-refractivity contribution in [3.05, 3.63) is 35.4 Å². The number of hydrogen-bond acceptors (Lipinski definition) is 2. The van der Waals surface area contributed by atoms with Gasteiger partial charge in [-0.2, -0.15) is 0 Å². The van der Waals surface area contributed by atoms with Crippen LogP contribution >= 0.6 is 0 Å². The van der Waals surface area contributed by atoms with Crippen LogP contribution in [0.1, 0.15) is 23.7 Å². The zero-order chi connectivity index (χ0) is 9.68. The first-order valence-electron chi connectivity index (χ1n) is 4.31. The lowest BCUT2D eigenvalue weighted by Gasteiger charge is -2.08. The normalized spacial score (nSPS) is 12.8. The highest BCUT2D eigenvalue weighted by Gasteiger charge is 2.05. The molecule has 0 bridgehead atoms. The summed E-state index contributed by atoms with van der Waals surface area (Å²) in [6.45, 7) is -0.0146. The Morgan fingerprint density at radius 1 is 1.31 bits per heavy atom. The van der Waals surface area contributed by atoms with Gasteiger partial charge >= 0.3 is 0 Å². The average Bonchev–Trinajstić information content (AvgIpc) is 2.18. The SMILES string of the molecule is NCc1ccc(C(O)CCF)cc1. The fraction of sp³-hybridized carbons (Fsp3) is 0.400. The van der Waals surface area contributed by atoms with Crippen molar-refractivity contribution in [1.29, 1.82) is 0 Å². The van der Waals surface area contributed by atoms with E-state index in [2.05, 4.69) is 0 Å². The van der Waals surface area contributed by atoms with Crippen LogP contribution in [0.25, 0.3) is 0 Å². The van der Waals surface area contributed by atoms with Crippen LogP contribution in [-0.2, 0) is 6.54 Å². The summed E-state index contributed by atoms with van der Waals surface area (Å²) in [6.07, 6.45) is -0.543. The van der Waals surface area contributed by atoms with Gasteiger partial charge in [0.15, 0.2) is 0 Å². The first-order chi connectivity index (χ1) is 6.27. The first-order valence-corrected chi connectivity index (χ1v) is 4.31. The maximum absolute atomic E-state index is 11.9. The van der Waals surface area contributed by atoms with Crippen LogP contribution in [0.2, 0.25) is 0 Å². The molecule has 0 aromatic heterocycles. The van der Waals surface area contributed by atoms with Gasteiger partial charge in [0, 0.05) is 13.0 Å². The van der Waals surface area contributed by atoms with E-state index in [0.717, 1.165) is 11.1 Å². The highest BCUT2D eigenvalue weighted by Crippen LogP contribution is 2.16. The molecule has 1 aromatic carbocycles. The molecule has 0 spiro atoms. The molecule has 0 fully saturated rings. The standard InChI is InChI=1S/C10H14FNO/c11-6-5-10(13)9-3-1-8(7-12)2-4-9/h1-4,10,13H,5-7,12H2. The fourth-order valence-corrected chi connectivity index (χ4v) is 1.15. The molecule has 72 valence electrons. The summed E-state index contributed by atoms with van der Waals surface area (Å²) in [7, 11) is 0. The van der Waals surface area contributed by atoms with E-state index in [1.165, 1.54) is 0 Å². The number of aliphatic hydroxyl groups is 1. The topological polar surface area (TPSA) is 46.2 Å². The van der Waals surface area contributed by atoms with E-state index in [-0.39, 0.29) is 6.42 Å². The predicted molar refractivity (Wildman–Crippen MR) is 49.9 cm³/mol. The Morgan fingerprint density at radius 3 is 2.38 bits per heavy atom. The van der Waals surface area contributed by atoms with E-state index < -0.39 is 12.8 Å². The van der Waals surface area contributed by atoms with Crippen LogP contribution in [0.5, 0.6) is 0 Å². The van der Waals surface area contributed by atoms with Gasteiger partial charge in [0.25, 0.3) is 0 Å². The number of halogens is 1. The summed E-state index contributed by atoms with van der Waals surface area (Å²) in [4.78, 5) is 0. The monoisotopic (exact) mass is 183 g/mol. The highest BCUT2D eigenvalue weighted by molar-refractivity contribution is 5.23. The van der Waals surface area contributed by atoms with E-state index in [4.69, 9.17) is 5.73 Å². The summed E-state index contributed by atoms with van der Waals surface area (Å²) < 4.78 is 11.9. The Morgan fingerprint density at radius 2 is 1.92 bits per heavy atom. The lowest BCUT2D eigenvalue weighted by atomic mass is 10.1. The van der Waals surface area contributed by atoms with E-state index in [1.807, 2.05) is 12.1 Å². The van der Waals surface area contributed by atoms with E-state index in [0.29, 0.717) is 6.54 Å². The maximum Gasteiger partial charge on any atom is 0.0922 e. The Balaban J connectivity index is 2.67. The second-order valence-electron chi connectivity index (χ2n) is 2.94. The molecule has 0 saturated carbocycles. The Bertz CT molecular complexity index is 248. The van der Waals surface area contributed by atoms with Crippen molar-refractivity contribution in [3.8, 4) is 0 Å². The first kappa shape index (κ1) is 10.2. The highest BCUT2D eigenvalue weighted by atomic mass is 19.1. The van der Waals surface area contributed by atoms with Crippen molar-refractivity contribution in [2.75, 3.05) is 6.67 Å². The van der Waals surface area contributed by atoms with Crippen LogP contribution in [0, 0.1) is 0 Å². The summed E-state index contributed by atoms with van der Waals surface area (Å²) in [6, 6.07) is 7.25. The third-order valence-electron chi connectivity index (χ3n) is 1.98. The molecule has 3 N–H and O–H groups in total. The molecule has 13 heavy (non-hydrogen) atoms. The molecule has 0 radical (unpaired) electrons. The van der Waals surface area contributed by atoms with Crippen molar-refractivity contribution < 1.29 is 9.50 Å². The second kappa shape index (κ2) is 4.94. The zero-order valence-electron chi connectivity index (χ0n) is 7.41. The van der Waals surface area contributed by atoms with Gasteiger partial charge in [0.2, 0.25) is 0 Å². The van der Waals surface area contributed by atoms with Crippen molar-refractivity contribution in [1.82, 2.24) is 0 Å². The fourth-order valence-electron chi connectivity index (χ4n) is 1.15. The number of rotatable bonds is 4. The van der Waals surface area contributed by atoms with Crippen molar-refractivity contribution in [2.45, 2.75) is 19.1 Å². The predicted octanol–water partition coefficient (Wildman–Crippen LogP) is 1.54. The van der Waals surface area contributed by atoms with Crippen molar-refractivity contribution in [2.24, 2.45) is 5.73 Å². The third-order valence-corrected chi connectivity index (χ3v) is 1.98. The third kappa shape index (κ3) is 2.79. The zero-order valence-corrected chi connectivity index (χ0v) is 7.41. The van der Waals surface area contributed by atoms with Crippen molar-refractivity contribution in [3.63, 3.8) is 0 Å². The molecule has 0 aliphatic heterocycles. The second-order valence-corrected chi connectivity index (χ2v) is 2.94. The van der Waals surface area contributed by atoms with Gasteiger partial charge in [-0.05, 0) is 11.1 Å². The molecule has 1 atom stereocenters. The Labute approximate surface area is 77.2 Å². The van der Waals surface area contributed by atoms with E-state index in [1.54, 1.807) is 12.1 Å². The lowest BCUT2D eigenvalue weighted by Crippen LogP contribution is -2.00. The molecule has 0 aliphatic carbocycles. The molecular weight excluding hydrogens is 169 g/mol. The van der Waals surface area contributed by atoms with Gasteiger partial charge < -0.3 is 10.8 Å². The van der Waals surface area contributed by atoms with Crippen LogP contribution < -0.4 is 5.73 Å². The van der Waals surface area contributed by atoms with Gasteiger partial charge in [-0.1, -0.05) is 24.3 Å². The molecule has 1 unspecified atom stereocenters. The summed E-state index contributed by atoms with van der Waals surface area (Å²) in [5, 5.41) is 9.41. The number of benzene rings is 1. The molecule has 0 aliphatic rings. The summed E-state index contributed by atoms with van der Waals surface area (Å²) >= 11 is 0. The van der Waals surface area contributed by atoms with Gasteiger partial charge in [-0.3, -0.25) is 4.39 Å². The largest absolute Gasteiger partial charge is 0.388 e. The Kier molecular flexibility index (Phi) is 3.86. The number of nitrogens with two attached hydrogens (primary N) is 1. The quantitative estimate of drug-likeness (QED) is 0.743. The van der Waals surface area contributed by atoms with Gasteiger partial charge in [-0.15, -0.1) is 0 Å². The molecule has 2 nitrogen and oxygen atoms in total. The van der Waals surface area contributed by atoms with Crippen LogP contribution in [-0.4, -0.2) is 11.8 Å². The van der Waals surface area contributed by atoms with Gasteiger partial charge in [0.05, 0.1) is 12.8 Å². The van der Waals surface area contributed by atoms with Gasteiger partial charge in [-0.25, -0.2) is 0 Å². The molecular formula is C10H14FNO. The maximum atomic E-state index is 11.9. The number of alkyl halides is 1. The minimum Gasteiger partial charge on any atom is -0.388 e. The summed E-state index contributed by atoms with van der Waals surface area (Å²) in [5.74, 6) is 0. The van der Waals surface area contributed by atoms with Gasteiger partial charge in [0.1, 0.15) is 0 Å². The smallest absolute Gasteiger partial charge is 0.0922 e. The van der Waals surface area contributed by atoms with E-state index in [9.17, 15) is 9.50 Å². The lowest BCUT2D eigenvalue weighted by molar-refractivity contribution is 0.156. The Hall–Kier alpha value is -0.930. The molecule has 3 heteroatoms. The van der Waals surface area contributed by atoms with Crippen molar-refractivity contribution >= 4 is 0 Å². The van der Waals surface area contributed by atoms with E-state index >= 15 is 0 Å². The number of hydrogen-bond donors (Lipinski definition) is 2. The summed E-state index contributed by atoms with van der Waals surface area (Å²) in [5.41, 5.74) is 7.17. The molecule has 1 rings (SSSR count). The number of aliphatic hydroxyl groups excluding tert-OH is 1. The molecule has 0 amide bonds. The minimum atomic E-state index is -0.697. The molecule has 0 heterocycles. The minimum absolute atomic E-state index is 0.155. The van der Waals surface area contributed by atoms with Crippen LogP contribution in [0.3, 0.4) is 0 Å². The molecule has 0 saturated heterocycles.